The smallest absolute Gasteiger partial charge is 0.247 e. The minimum atomic E-state index is -0.166. The highest BCUT2D eigenvalue weighted by molar-refractivity contribution is 5.95. The van der Waals surface area contributed by atoms with Gasteiger partial charge in [0.25, 0.3) is 0 Å². The third-order valence-corrected chi connectivity index (χ3v) is 4.36. The van der Waals surface area contributed by atoms with Crippen molar-refractivity contribution in [2.24, 2.45) is 23.7 Å². The van der Waals surface area contributed by atoms with Crippen LogP contribution < -0.4 is 5.32 Å². The van der Waals surface area contributed by atoms with E-state index in [-0.39, 0.29) is 11.4 Å². The Morgan fingerprint density at radius 3 is 2.42 bits per heavy atom. The van der Waals surface area contributed by atoms with E-state index < -0.39 is 0 Å². The third-order valence-electron chi connectivity index (χ3n) is 4.36. The van der Waals surface area contributed by atoms with Crippen molar-refractivity contribution in [1.82, 2.24) is 5.32 Å². The molecule has 3 aliphatic rings. The fourth-order valence-electron chi connectivity index (χ4n) is 3.33. The van der Waals surface area contributed by atoms with Crippen molar-refractivity contribution in [2.75, 3.05) is 0 Å². The Balaban J connectivity index is 2.24. The fraction of sp³-hybridized carbons (Fsp3) is 0.706. The van der Waals surface area contributed by atoms with Gasteiger partial charge >= 0.3 is 0 Å². The van der Waals surface area contributed by atoms with Gasteiger partial charge in [-0.25, -0.2) is 0 Å². The first-order valence-corrected chi connectivity index (χ1v) is 7.41. The Bertz CT molecular complexity index is 437. The average molecular weight is 261 g/mol. The molecule has 1 amide bonds. The summed E-state index contributed by atoms with van der Waals surface area (Å²) in [6, 6.07) is 0. The molecule has 3 atom stereocenters. The molecule has 0 aromatic carbocycles. The maximum absolute atomic E-state index is 12.5. The van der Waals surface area contributed by atoms with Crippen LogP contribution in [0.5, 0.6) is 0 Å². The molecule has 2 heteroatoms. The van der Waals surface area contributed by atoms with Crippen LogP contribution in [0, 0.1) is 23.7 Å². The van der Waals surface area contributed by atoms with E-state index in [1.807, 2.05) is 20.8 Å². The number of hydrogen-bond donors (Lipinski definition) is 1. The summed E-state index contributed by atoms with van der Waals surface area (Å²) in [6.45, 7) is 12.8. The van der Waals surface area contributed by atoms with Crippen molar-refractivity contribution in [3.63, 3.8) is 0 Å². The Kier molecular flexibility index (Phi) is 3.63. The van der Waals surface area contributed by atoms with E-state index in [0.717, 1.165) is 5.57 Å². The van der Waals surface area contributed by atoms with Crippen molar-refractivity contribution >= 4 is 5.91 Å². The van der Waals surface area contributed by atoms with Gasteiger partial charge in [0.1, 0.15) is 0 Å². The lowest BCUT2D eigenvalue weighted by Crippen LogP contribution is -2.45. The van der Waals surface area contributed by atoms with E-state index in [1.165, 1.54) is 12.0 Å². The third kappa shape index (κ3) is 2.93. The van der Waals surface area contributed by atoms with E-state index in [1.54, 1.807) is 0 Å². The van der Waals surface area contributed by atoms with E-state index in [9.17, 15) is 4.79 Å². The first-order valence-electron chi connectivity index (χ1n) is 7.41. The van der Waals surface area contributed by atoms with Crippen LogP contribution >= 0.6 is 0 Å². The second-order valence-corrected chi connectivity index (χ2v) is 7.51. The van der Waals surface area contributed by atoms with Gasteiger partial charge in [-0.3, -0.25) is 4.79 Å². The zero-order valence-electron chi connectivity index (χ0n) is 13.1. The number of rotatable bonds is 2. The summed E-state index contributed by atoms with van der Waals surface area (Å²) in [4.78, 5) is 12.5. The molecule has 0 aromatic heterocycles. The molecule has 0 saturated carbocycles. The molecule has 106 valence electrons. The largest absolute Gasteiger partial charge is 0.348 e. The Labute approximate surface area is 117 Å². The van der Waals surface area contributed by atoms with Crippen LogP contribution in [-0.2, 0) is 4.79 Å². The van der Waals surface area contributed by atoms with Gasteiger partial charge in [-0.1, -0.05) is 31.6 Å². The Morgan fingerprint density at radius 1 is 1.32 bits per heavy atom. The van der Waals surface area contributed by atoms with E-state index in [4.69, 9.17) is 0 Å². The van der Waals surface area contributed by atoms with Crippen molar-refractivity contribution in [2.45, 2.75) is 53.5 Å². The van der Waals surface area contributed by atoms with E-state index in [2.05, 4.69) is 38.2 Å². The van der Waals surface area contributed by atoms with Gasteiger partial charge in [0, 0.05) is 17.0 Å². The summed E-state index contributed by atoms with van der Waals surface area (Å²) >= 11 is 0. The van der Waals surface area contributed by atoms with Crippen molar-refractivity contribution < 1.29 is 4.79 Å². The molecular weight excluding hydrogens is 234 g/mol. The number of hydrogen-bond acceptors (Lipinski definition) is 1. The van der Waals surface area contributed by atoms with Crippen LogP contribution in [0.15, 0.2) is 23.3 Å². The number of fused-ring (bicyclic) bond motifs is 1. The standard InChI is InChI=1S/C17H27NO/c1-10(2)13-8-12-9-15(14(13)7-11(12)3)16(19)18-17(4,5)6/h7,9-10,12-14H,8H2,1-6H3,(H,18,19)/t12-,13?,14?/m0/s1. The molecule has 2 bridgehead atoms. The molecule has 0 saturated heterocycles. The minimum absolute atomic E-state index is 0.122. The first kappa shape index (κ1) is 14.4. The summed E-state index contributed by atoms with van der Waals surface area (Å²) in [5, 5.41) is 3.11. The second-order valence-electron chi connectivity index (χ2n) is 7.51. The monoisotopic (exact) mass is 261 g/mol. The van der Waals surface area contributed by atoms with Gasteiger partial charge in [-0.15, -0.1) is 0 Å². The highest BCUT2D eigenvalue weighted by Gasteiger charge is 2.40. The predicted octanol–water partition coefficient (Wildman–Crippen LogP) is 3.70. The van der Waals surface area contributed by atoms with Crippen LogP contribution in [0.1, 0.15) is 48.0 Å². The quantitative estimate of drug-likeness (QED) is 0.755. The van der Waals surface area contributed by atoms with Gasteiger partial charge in [0.2, 0.25) is 5.91 Å². The fourth-order valence-corrected chi connectivity index (χ4v) is 3.33. The summed E-state index contributed by atoms with van der Waals surface area (Å²) in [6.07, 6.45) is 5.74. The summed E-state index contributed by atoms with van der Waals surface area (Å²) in [5.74, 6) is 2.14. The van der Waals surface area contributed by atoms with Crippen molar-refractivity contribution in [1.29, 1.82) is 0 Å². The molecule has 3 rings (SSSR count). The summed E-state index contributed by atoms with van der Waals surface area (Å²) < 4.78 is 0. The number of nitrogens with one attached hydrogen (secondary N) is 1. The number of carbonyl (C=O) groups excluding carboxylic acids is 1. The maximum Gasteiger partial charge on any atom is 0.247 e. The number of amides is 1. The lowest BCUT2D eigenvalue weighted by atomic mass is 9.63. The second kappa shape index (κ2) is 4.81. The topological polar surface area (TPSA) is 29.1 Å². The highest BCUT2D eigenvalue weighted by atomic mass is 16.1. The van der Waals surface area contributed by atoms with Crippen molar-refractivity contribution in [3.8, 4) is 0 Å². The SMILES string of the molecule is CC1=CC2C(C(=O)NC(C)(C)C)=C[C@@H]1CC2C(C)C. The molecule has 2 nitrogen and oxygen atoms in total. The van der Waals surface area contributed by atoms with Crippen LogP contribution in [-0.4, -0.2) is 11.4 Å². The lowest BCUT2D eigenvalue weighted by molar-refractivity contribution is -0.119. The number of carbonyl (C=O) groups is 1. The van der Waals surface area contributed by atoms with Crippen molar-refractivity contribution in [3.05, 3.63) is 23.3 Å². The first-order chi connectivity index (χ1) is 8.69. The molecule has 19 heavy (non-hydrogen) atoms. The van der Waals surface area contributed by atoms with Gasteiger partial charge in [0.05, 0.1) is 0 Å². The van der Waals surface area contributed by atoms with Gasteiger partial charge < -0.3 is 5.32 Å². The molecule has 0 radical (unpaired) electrons. The Hall–Kier alpha value is -1.05. The molecular formula is C17H27NO. The van der Waals surface area contributed by atoms with Gasteiger partial charge in [0.15, 0.2) is 0 Å². The molecule has 2 unspecified atom stereocenters. The molecule has 0 aromatic rings. The van der Waals surface area contributed by atoms with E-state index in [0.29, 0.717) is 23.7 Å². The van der Waals surface area contributed by atoms with Gasteiger partial charge in [-0.05, 0) is 51.9 Å². The molecule has 0 spiro atoms. The van der Waals surface area contributed by atoms with Crippen LogP contribution in [0.3, 0.4) is 0 Å². The predicted molar refractivity (Wildman–Crippen MR) is 79.7 cm³/mol. The maximum atomic E-state index is 12.5. The molecule has 0 fully saturated rings. The zero-order chi connectivity index (χ0) is 14.4. The summed E-state index contributed by atoms with van der Waals surface area (Å²) in [5.41, 5.74) is 2.27. The summed E-state index contributed by atoms with van der Waals surface area (Å²) in [7, 11) is 0. The molecule has 1 N–H and O–H groups in total. The lowest BCUT2D eigenvalue weighted by Gasteiger charge is -2.42. The van der Waals surface area contributed by atoms with Gasteiger partial charge in [-0.2, -0.15) is 0 Å². The highest BCUT2D eigenvalue weighted by Crippen LogP contribution is 2.46. The molecule has 0 aliphatic heterocycles. The van der Waals surface area contributed by atoms with Crippen LogP contribution in [0.25, 0.3) is 0 Å². The average Bonchev–Trinajstić information content (AvgIpc) is 2.26. The molecule has 0 heterocycles. The van der Waals surface area contributed by atoms with Crippen LogP contribution in [0.2, 0.25) is 0 Å². The minimum Gasteiger partial charge on any atom is -0.348 e. The zero-order valence-corrected chi connectivity index (χ0v) is 13.1. The van der Waals surface area contributed by atoms with Crippen LogP contribution in [0.4, 0.5) is 0 Å². The Morgan fingerprint density at radius 2 is 1.95 bits per heavy atom. The molecule has 3 aliphatic carbocycles. The number of allylic oxidation sites excluding steroid dienone is 3. The normalized spacial score (nSPS) is 30.2. The van der Waals surface area contributed by atoms with E-state index >= 15 is 0 Å².